The Morgan fingerprint density at radius 3 is 2.67 bits per heavy atom. The molecule has 1 aromatic carbocycles. The number of ether oxygens (including phenoxy) is 1. The molecule has 0 saturated heterocycles. The van der Waals surface area contributed by atoms with E-state index in [0.29, 0.717) is 34.6 Å². The number of nitrogens with zero attached hydrogens (tertiary/aromatic N) is 2. The summed E-state index contributed by atoms with van der Waals surface area (Å²) in [6, 6.07) is 10.9. The van der Waals surface area contributed by atoms with Crippen molar-refractivity contribution in [1.29, 1.82) is 0 Å². The molecule has 0 fully saturated rings. The van der Waals surface area contributed by atoms with Gasteiger partial charge in [0.2, 0.25) is 0 Å². The second-order valence-corrected chi connectivity index (χ2v) is 8.44. The van der Waals surface area contributed by atoms with Gasteiger partial charge in [-0.05, 0) is 49.2 Å². The van der Waals surface area contributed by atoms with Gasteiger partial charge in [-0.1, -0.05) is 29.3 Å². The highest BCUT2D eigenvalue weighted by atomic mass is 35.5. The highest BCUT2D eigenvalue weighted by Gasteiger charge is 2.24. The Labute approximate surface area is 166 Å². The van der Waals surface area contributed by atoms with Crippen molar-refractivity contribution in [3.63, 3.8) is 0 Å². The quantitative estimate of drug-likeness (QED) is 0.438. The molecular formula is C18H16Cl2N2O4S. The summed E-state index contributed by atoms with van der Waals surface area (Å²) in [6.45, 7) is 0. The average Bonchev–Trinajstić information content (AvgIpc) is 2.99. The molecule has 0 bridgehead atoms. The number of pyridine rings is 1. The number of hydrogen-bond donors (Lipinski definition) is 0. The monoisotopic (exact) mass is 426 g/mol. The van der Waals surface area contributed by atoms with E-state index in [-0.39, 0.29) is 22.4 Å². The van der Waals surface area contributed by atoms with Gasteiger partial charge in [-0.3, -0.25) is 4.79 Å². The zero-order chi connectivity index (χ0) is 19.6. The SMILES string of the molecule is COC(=O)CCCc1cc2nc(Cl)ccc2n1S(=O)(=O)c1cccc(Cl)c1. The molecular weight excluding hydrogens is 411 g/mol. The van der Waals surface area contributed by atoms with Gasteiger partial charge in [0.15, 0.2) is 0 Å². The first-order valence-corrected chi connectivity index (χ1v) is 10.3. The smallest absolute Gasteiger partial charge is 0.305 e. The van der Waals surface area contributed by atoms with Gasteiger partial charge >= 0.3 is 5.97 Å². The van der Waals surface area contributed by atoms with E-state index in [0.717, 1.165) is 0 Å². The van der Waals surface area contributed by atoms with Gasteiger partial charge in [-0.25, -0.2) is 17.4 Å². The molecule has 0 radical (unpaired) electrons. The number of esters is 1. The third-order valence-corrected chi connectivity index (χ3v) is 6.23. The van der Waals surface area contributed by atoms with Crippen molar-refractivity contribution < 1.29 is 17.9 Å². The summed E-state index contributed by atoms with van der Waals surface area (Å²) < 4.78 is 32.4. The van der Waals surface area contributed by atoms with E-state index in [1.54, 1.807) is 24.3 Å². The van der Waals surface area contributed by atoms with E-state index in [9.17, 15) is 13.2 Å². The van der Waals surface area contributed by atoms with Crippen LogP contribution < -0.4 is 0 Å². The lowest BCUT2D eigenvalue weighted by Gasteiger charge is -2.12. The minimum atomic E-state index is -3.91. The van der Waals surface area contributed by atoms with Crippen LogP contribution in [0, 0.1) is 0 Å². The first-order valence-electron chi connectivity index (χ1n) is 8.08. The van der Waals surface area contributed by atoms with Crippen LogP contribution >= 0.6 is 23.2 Å². The van der Waals surface area contributed by atoms with Gasteiger partial charge in [0, 0.05) is 17.1 Å². The van der Waals surface area contributed by atoms with Crippen LogP contribution in [0.4, 0.5) is 0 Å². The van der Waals surface area contributed by atoms with Crippen LogP contribution in [0.25, 0.3) is 11.0 Å². The standard InChI is InChI=1S/C18H16Cl2N2O4S/c1-26-18(23)7-3-5-13-11-15-16(8-9-17(20)21-15)22(13)27(24,25)14-6-2-4-12(19)10-14/h2,4,6,8-11H,3,5,7H2,1H3. The van der Waals surface area contributed by atoms with Crippen molar-refractivity contribution in [2.75, 3.05) is 7.11 Å². The largest absolute Gasteiger partial charge is 0.469 e. The predicted octanol–water partition coefficient (Wildman–Crippen LogP) is 4.08. The lowest BCUT2D eigenvalue weighted by molar-refractivity contribution is -0.140. The van der Waals surface area contributed by atoms with Crippen molar-refractivity contribution in [3.05, 3.63) is 58.3 Å². The normalized spacial score (nSPS) is 11.7. The van der Waals surface area contributed by atoms with E-state index in [1.165, 1.54) is 29.3 Å². The number of rotatable bonds is 6. The average molecular weight is 427 g/mol. The predicted molar refractivity (Wildman–Crippen MR) is 104 cm³/mol. The molecule has 0 aliphatic heterocycles. The second-order valence-electron chi connectivity index (χ2n) is 5.83. The molecule has 0 saturated carbocycles. The van der Waals surface area contributed by atoms with Crippen molar-refractivity contribution in [2.45, 2.75) is 24.2 Å². The zero-order valence-electron chi connectivity index (χ0n) is 14.4. The second kappa shape index (κ2) is 7.88. The Morgan fingerprint density at radius 2 is 1.96 bits per heavy atom. The number of benzene rings is 1. The molecule has 0 aliphatic rings. The first kappa shape index (κ1) is 19.7. The molecule has 3 rings (SSSR count). The Balaban J connectivity index is 2.11. The molecule has 0 amide bonds. The Bertz CT molecular complexity index is 1110. The number of methoxy groups -OCH3 is 1. The zero-order valence-corrected chi connectivity index (χ0v) is 16.7. The van der Waals surface area contributed by atoms with E-state index < -0.39 is 10.0 Å². The summed E-state index contributed by atoms with van der Waals surface area (Å²) in [6.07, 6.45) is 0.966. The van der Waals surface area contributed by atoms with Crippen LogP contribution in [0.2, 0.25) is 10.2 Å². The van der Waals surface area contributed by atoms with Crippen LogP contribution in [0.15, 0.2) is 47.4 Å². The lowest BCUT2D eigenvalue weighted by atomic mass is 10.2. The van der Waals surface area contributed by atoms with E-state index >= 15 is 0 Å². The fourth-order valence-corrected chi connectivity index (χ4v) is 4.81. The molecule has 3 aromatic rings. The highest BCUT2D eigenvalue weighted by molar-refractivity contribution is 7.90. The summed E-state index contributed by atoms with van der Waals surface area (Å²) in [5.74, 6) is -0.350. The van der Waals surface area contributed by atoms with E-state index in [2.05, 4.69) is 9.72 Å². The number of aromatic nitrogens is 2. The number of carbonyl (C=O) groups excluding carboxylic acids is 1. The minimum Gasteiger partial charge on any atom is -0.469 e. The summed E-state index contributed by atoms with van der Waals surface area (Å²) in [4.78, 5) is 15.6. The van der Waals surface area contributed by atoms with Gasteiger partial charge in [-0.15, -0.1) is 0 Å². The molecule has 142 valence electrons. The molecule has 0 unspecified atom stereocenters. The number of fused-ring (bicyclic) bond motifs is 1. The maximum absolute atomic E-state index is 13.3. The minimum absolute atomic E-state index is 0.0664. The van der Waals surface area contributed by atoms with Gasteiger partial charge < -0.3 is 4.74 Å². The molecule has 0 aliphatic carbocycles. The molecule has 0 spiro atoms. The van der Waals surface area contributed by atoms with Gasteiger partial charge in [-0.2, -0.15) is 0 Å². The maximum atomic E-state index is 13.3. The number of hydrogen-bond acceptors (Lipinski definition) is 5. The molecule has 6 nitrogen and oxygen atoms in total. The fraction of sp³-hybridized carbons (Fsp3) is 0.222. The summed E-state index contributed by atoms with van der Waals surface area (Å²) in [5.41, 5.74) is 1.37. The van der Waals surface area contributed by atoms with Crippen molar-refractivity contribution in [3.8, 4) is 0 Å². The van der Waals surface area contributed by atoms with Gasteiger partial charge in [0.25, 0.3) is 10.0 Å². The number of aryl methyl sites for hydroxylation is 1. The van der Waals surface area contributed by atoms with Crippen molar-refractivity contribution in [2.24, 2.45) is 0 Å². The number of carbonyl (C=O) groups is 1. The molecule has 2 aromatic heterocycles. The highest BCUT2D eigenvalue weighted by Crippen LogP contribution is 2.28. The Hall–Kier alpha value is -2.09. The van der Waals surface area contributed by atoms with Gasteiger partial charge in [0.1, 0.15) is 5.15 Å². The molecule has 9 heteroatoms. The Kier molecular flexibility index (Phi) is 5.74. The third-order valence-electron chi connectivity index (χ3n) is 4.03. The lowest BCUT2D eigenvalue weighted by Crippen LogP contribution is -2.16. The van der Waals surface area contributed by atoms with Gasteiger partial charge in [0.05, 0.1) is 23.0 Å². The maximum Gasteiger partial charge on any atom is 0.305 e. The van der Waals surface area contributed by atoms with Crippen LogP contribution in [-0.2, 0) is 26.0 Å². The van der Waals surface area contributed by atoms with Crippen LogP contribution in [-0.4, -0.2) is 30.5 Å². The van der Waals surface area contributed by atoms with E-state index in [4.69, 9.17) is 23.2 Å². The molecule has 27 heavy (non-hydrogen) atoms. The molecule has 0 N–H and O–H groups in total. The number of halogens is 2. The molecule has 0 atom stereocenters. The van der Waals surface area contributed by atoms with Crippen molar-refractivity contribution in [1.82, 2.24) is 8.96 Å². The Morgan fingerprint density at radius 1 is 1.19 bits per heavy atom. The first-order chi connectivity index (χ1) is 12.8. The fourth-order valence-electron chi connectivity index (χ4n) is 2.80. The summed E-state index contributed by atoms with van der Waals surface area (Å²) in [7, 11) is -2.60. The molecule has 2 heterocycles. The topological polar surface area (TPSA) is 78.3 Å². The van der Waals surface area contributed by atoms with Crippen molar-refractivity contribution >= 4 is 50.2 Å². The summed E-state index contributed by atoms with van der Waals surface area (Å²) >= 11 is 11.9. The van der Waals surface area contributed by atoms with Crippen LogP contribution in [0.5, 0.6) is 0 Å². The van der Waals surface area contributed by atoms with Crippen LogP contribution in [0.1, 0.15) is 18.5 Å². The van der Waals surface area contributed by atoms with E-state index in [1.807, 2.05) is 0 Å². The van der Waals surface area contributed by atoms with Crippen LogP contribution in [0.3, 0.4) is 0 Å². The third kappa shape index (κ3) is 4.10. The summed E-state index contributed by atoms with van der Waals surface area (Å²) in [5, 5.41) is 0.585.